The molecular formula is C50H102O10. The molecule has 10 heteroatoms. The molecule has 0 rings (SSSR count). The second-order valence-electron chi connectivity index (χ2n) is 18.9. The van der Waals surface area contributed by atoms with Gasteiger partial charge in [-0.3, -0.25) is 0 Å². The van der Waals surface area contributed by atoms with E-state index in [1.807, 2.05) is 0 Å². The van der Waals surface area contributed by atoms with Crippen molar-refractivity contribution < 1.29 is 51.1 Å². The van der Waals surface area contributed by atoms with Crippen molar-refractivity contribution in [2.45, 2.75) is 319 Å². The minimum atomic E-state index is -4.60. The van der Waals surface area contributed by atoms with Gasteiger partial charge in [-0.2, -0.15) is 0 Å². The molecule has 0 amide bonds. The molecule has 0 aromatic carbocycles. The third kappa shape index (κ3) is 30.6. The molecular weight excluding hydrogens is 761 g/mol. The van der Waals surface area contributed by atoms with Crippen molar-refractivity contribution in [3.63, 3.8) is 0 Å². The number of unbranched alkanes of at least 4 members (excludes halogenated alkanes) is 42. The summed E-state index contributed by atoms with van der Waals surface area (Å²) >= 11 is 0. The Hall–Kier alpha value is -0.400. The molecule has 0 aliphatic rings. The van der Waals surface area contributed by atoms with E-state index in [2.05, 4.69) is 6.92 Å². The molecule has 10 N–H and O–H groups in total. The second-order valence-corrected chi connectivity index (χ2v) is 18.9. The van der Waals surface area contributed by atoms with Gasteiger partial charge in [0, 0.05) is 0 Å². The van der Waals surface area contributed by atoms with Crippen molar-refractivity contribution in [1.29, 1.82) is 0 Å². The normalized spacial score (nSPS) is 13.4. The van der Waals surface area contributed by atoms with E-state index in [4.69, 9.17) is 15.3 Å². The summed E-state index contributed by atoms with van der Waals surface area (Å²) in [5.41, 5.74) is 0. The standard InChI is InChI=1S/C50H102O10/c1-2-3-4-5-6-7-8-9-10-11-12-13-14-15-16-17-18-19-20-21-22-23-24-25-26-27-28-29-30-31-32-33-34-35-36-37-38-39-40-41-42-43-44-45-46(51)47(52,53)48(54,55)49(56,57)50(58,59)60/h46,51-60H,2-45H2,1H3. The van der Waals surface area contributed by atoms with Crippen LogP contribution in [0.1, 0.15) is 289 Å². The van der Waals surface area contributed by atoms with E-state index < -0.39 is 29.4 Å². The zero-order chi connectivity index (χ0) is 44.7. The number of aliphatic hydroxyl groups excluding tert-OH is 1. The lowest BCUT2D eigenvalue weighted by molar-refractivity contribution is -0.549. The summed E-state index contributed by atoms with van der Waals surface area (Å²) in [6.45, 7) is 2.30. The van der Waals surface area contributed by atoms with Crippen molar-refractivity contribution in [1.82, 2.24) is 0 Å². The average Bonchev–Trinajstić information content (AvgIpc) is 3.20. The second kappa shape index (κ2) is 39.0. The molecule has 0 saturated heterocycles. The van der Waals surface area contributed by atoms with Crippen LogP contribution in [-0.2, 0) is 0 Å². The Morgan fingerprint density at radius 3 is 0.583 bits per heavy atom. The smallest absolute Gasteiger partial charge is 0.338 e. The van der Waals surface area contributed by atoms with Crippen LogP contribution >= 0.6 is 0 Å². The van der Waals surface area contributed by atoms with Crippen molar-refractivity contribution in [3.05, 3.63) is 0 Å². The molecule has 0 aliphatic carbocycles. The molecule has 0 radical (unpaired) electrons. The minimum absolute atomic E-state index is 0.270. The maximum atomic E-state index is 10.00. The molecule has 10 nitrogen and oxygen atoms in total. The van der Waals surface area contributed by atoms with E-state index >= 15 is 0 Å². The fourth-order valence-corrected chi connectivity index (χ4v) is 8.58. The predicted molar refractivity (Wildman–Crippen MR) is 246 cm³/mol. The first kappa shape index (κ1) is 59.6. The van der Waals surface area contributed by atoms with Gasteiger partial charge in [0.25, 0.3) is 11.6 Å². The number of rotatable bonds is 48. The molecule has 0 aromatic heterocycles. The lowest BCUT2D eigenvalue weighted by Crippen LogP contribution is -2.78. The lowest BCUT2D eigenvalue weighted by atomic mass is 9.88. The Morgan fingerprint density at radius 2 is 0.417 bits per heavy atom. The van der Waals surface area contributed by atoms with Gasteiger partial charge in [-0.15, -0.1) is 0 Å². The van der Waals surface area contributed by atoms with Gasteiger partial charge < -0.3 is 51.1 Å². The fourth-order valence-electron chi connectivity index (χ4n) is 8.58. The molecule has 0 heterocycles. The number of aliphatic hydroxyl groups is 10. The Balaban J connectivity index is 3.31. The maximum Gasteiger partial charge on any atom is 0.338 e. The van der Waals surface area contributed by atoms with Crippen molar-refractivity contribution in [2.75, 3.05) is 0 Å². The molecule has 0 bridgehead atoms. The van der Waals surface area contributed by atoms with Crippen LogP contribution < -0.4 is 0 Å². The van der Waals surface area contributed by atoms with E-state index in [9.17, 15) is 35.7 Å². The van der Waals surface area contributed by atoms with Crippen LogP contribution in [0.3, 0.4) is 0 Å². The van der Waals surface area contributed by atoms with Crippen LogP contribution in [0.2, 0.25) is 0 Å². The monoisotopic (exact) mass is 863 g/mol. The maximum absolute atomic E-state index is 10.00. The highest BCUT2D eigenvalue weighted by molar-refractivity contribution is 5.00. The quantitative estimate of drug-likeness (QED) is 0.0207. The largest absolute Gasteiger partial charge is 0.387 e. The van der Waals surface area contributed by atoms with Gasteiger partial charge in [0.1, 0.15) is 6.10 Å². The fraction of sp³-hybridized carbons (Fsp3) is 1.00. The van der Waals surface area contributed by atoms with Crippen LogP contribution in [0, 0.1) is 0 Å². The third-order valence-electron chi connectivity index (χ3n) is 13.0. The lowest BCUT2D eigenvalue weighted by Gasteiger charge is -2.46. The Morgan fingerprint density at radius 1 is 0.250 bits per heavy atom. The summed E-state index contributed by atoms with van der Waals surface area (Å²) in [5.74, 6) is -17.6. The third-order valence-corrected chi connectivity index (χ3v) is 13.0. The van der Waals surface area contributed by atoms with Crippen molar-refractivity contribution >= 4 is 0 Å². The molecule has 0 fully saturated rings. The minimum Gasteiger partial charge on any atom is -0.387 e. The van der Waals surface area contributed by atoms with Gasteiger partial charge in [-0.1, -0.05) is 283 Å². The summed E-state index contributed by atoms with van der Waals surface area (Å²) in [6, 6.07) is 0. The Bertz CT molecular complexity index is 891. The average molecular weight is 863 g/mol. The van der Waals surface area contributed by atoms with Crippen molar-refractivity contribution in [3.8, 4) is 0 Å². The van der Waals surface area contributed by atoms with E-state index in [0.29, 0.717) is 6.42 Å². The molecule has 0 spiro atoms. The summed E-state index contributed by atoms with van der Waals surface area (Å²) in [5, 5.41) is 95.0. The van der Waals surface area contributed by atoms with Crippen LogP contribution in [0.25, 0.3) is 0 Å². The summed E-state index contributed by atoms with van der Waals surface area (Å²) < 4.78 is 0. The molecule has 1 atom stereocenters. The van der Waals surface area contributed by atoms with Gasteiger partial charge in [-0.25, -0.2) is 0 Å². The summed E-state index contributed by atoms with van der Waals surface area (Å²) in [4.78, 5) is 0. The highest BCUT2D eigenvalue weighted by Gasteiger charge is 2.72. The first-order chi connectivity index (χ1) is 28.7. The Labute approximate surface area is 369 Å². The molecule has 60 heavy (non-hydrogen) atoms. The van der Waals surface area contributed by atoms with E-state index in [1.54, 1.807) is 0 Å². The number of hydrogen-bond donors (Lipinski definition) is 10. The van der Waals surface area contributed by atoms with Crippen LogP contribution in [-0.4, -0.2) is 80.5 Å². The molecule has 0 aliphatic heterocycles. The number of hydrogen-bond acceptors (Lipinski definition) is 10. The molecule has 1 unspecified atom stereocenters. The first-order valence-corrected chi connectivity index (χ1v) is 25.9. The van der Waals surface area contributed by atoms with E-state index in [1.165, 1.54) is 238 Å². The van der Waals surface area contributed by atoms with Gasteiger partial charge in [0.15, 0.2) is 0 Å². The van der Waals surface area contributed by atoms with Gasteiger partial charge >= 0.3 is 11.8 Å². The topological polar surface area (TPSA) is 202 Å². The SMILES string of the molecule is CCCCCCCCCCCCCCCCCCCCCCCCCCCCCCCCCCCCCCCCCCCCCC(O)C(O)(O)C(O)(O)C(O)(O)C(O)(O)O. The Kier molecular flexibility index (Phi) is 38.7. The van der Waals surface area contributed by atoms with Gasteiger partial charge in [-0.05, 0) is 6.42 Å². The first-order valence-electron chi connectivity index (χ1n) is 25.9. The molecule has 0 aromatic rings. The van der Waals surface area contributed by atoms with Crippen LogP contribution in [0.4, 0.5) is 0 Å². The van der Waals surface area contributed by atoms with E-state index in [0.717, 1.165) is 25.7 Å². The summed E-state index contributed by atoms with van der Waals surface area (Å²) in [6.07, 6.45) is 54.7. The summed E-state index contributed by atoms with van der Waals surface area (Å²) in [7, 11) is 0. The van der Waals surface area contributed by atoms with Crippen LogP contribution in [0.5, 0.6) is 0 Å². The highest BCUT2D eigenvalue weighted by atomic mass is 16.8. The highest BCUT2D eigenvalue weighted by Crippen LogP contribution is 2.36. The van der Waals surface area contributed by atoms with Gasteiger partial charge in [0.2, 0.25) is 0 Å². The molecule has 0 saturated carbocycles. The predicted octanol–water partition coefficient (Wildman–Crippen LogP) is 11.2. The zero-order valence-electron chi connectivity index (χ0n) is 39.2. The molecule has 362 valence electrons. The van der Waals surface area contributed by atoms with Crippen molar-refractivity contribution in [2.24, 2.45) is 0 Å². The van der Waals surface area contributed by atoms with Gasteiger partial charge in [0.05, 0.1) is 0 Å². The zero-order valence-corrected chi connectivity index (χ0v) is 39.2. The van der Waals surface area contributed by atoms with Crippen LogP contribution in [0.15, 0.2) is 0 Å². The van der Waals surface area contributed by atoms with E-state index in [-0.39, 0.29) is 12.8 Å².